The van der Waals surface area contributed by atoms with Gasteiger partial charge in [-0.15, -0.1) is 0 Å². The summed E-state index contributed by atoms with van der Waals surface area (Å²) in [7, 11) is 1.93. The van der Waals surface area contributed by atoms with E-state index in [0.29, 0.717) is 36.8 Å². The Balaban J connectivity index is 1.46. The fourth-order valence-corrected chi connectivity index (χ4v) is 7.13. The molecule has 1 aliphatic carbocycles. The zero-order valence-electron chi connectivity index (χ0n) is 27.2. The maximum Gasteiger partial charge on any atom is 0.319 e. The molecule has 49 heavy (non-hydrogen) atoms. The van der Waals surface area contributed by atoms with E-state index in [4.69, 9.17) is 19.2 Å². The second-order valence-electron chi connectivity index (χ2n) is 12.9. The van der Waals surface area contributed by atoms with Gasteiger partial charge in [-0.2, -0.15) is 9.97 Å². The highest BCUT2D eigenvalue weighted by atomic mass is 19.1. The van der Waals surface area contributed by atoms with Gasteiger partial charge in [0.25, 0.3) is 0 Å². The first-order valence-electron chi connectivity index (χ1n) is 16.0. The van der Waals surface area contributed by atoms with Crippen LogP contribution in [0.4, 0.5) is 27.8 Å². The van der Waals surface area contributed by atoms with Crippen molar-refractivity contribution in [2.75, 3.05) is 58.3 Å². The largest absolute Gasteiger partial charge is 0.462 e. The lowest BCUT2D eigenvalue weighted by molar-refractivity contribution is 0.109. The SMILES string of the molecule is CC#Cc1nc(-c2cccc3ccc(F)c(OCF)c23)c(F)c2nc(OC[C@]3(C)CN(C)CC/C3=C/F)nc(N3CCOC[C@H]4[C@H](F)[C@H]43)c12. The zero-order chi connectivity index (χ0) is 34.4. The number of halogens is 5. The van der Waals surface area contributed by atoms with Crippen LogP contribution in [0.2, 0.25) is 0 Å². The summed E-state index contributed by atoms with van der Waals surface area (Å²) in [5.41, 5.74) is -0.400. The van der Waals surface area contributed by atoms with Crippen molar-refractivity contribution in [2.24, 2.45) is 11.3 Å². The lowest BCUT2D eigenvalue weighted by Crippen LogP contribution is -2.44. The monoisotopic (exact) mass is 679 g/mol. The second-order valence-corrected chi connectivity index (χ2v) is 12.9. The summed E-state index contributed by atoms with van der Waals surface area (Å²) in [4.78, 5) is 17.6. The highest BCUT2D eigenvalue weighted by Crippen LogP contribution is 2.46. The van der Waals surface area contributed by atoms with Crippen molar-refractivity contribution >= 4 is 27.5 Å². The number of alkyl halides is 2. The van der Waals surface area contributed by atoms with Gasteiger partial charge in [0.05, 0.1) is 31.0 Å². The highest BCUT2D eigenvalue weighted by molar-refractivity contribution is 6.03. The molecule has 2 aliphatic heterocycles. The first-order chi connectivity index (χ1) is 23.7. The molecule has 2 aromatic heterocycles. The quantitative estimate of drug-likeness (QED) is 0.161. The number of aromatic nitrogens is 3. The standard InChI is InChI=1S/C36H34F5N5O3/c1-4-6-25-27-31(29(41)30(42-25)22-8-5-7-20-9-10-24(39)33(26(20)22)49-19-38)43-35(48-18-36(2)17-45(3)12-11-21(36)15-37)44-34(27)46-13-14-47-16-23-28(40)32(23)46/h5,7-10,15,23,28,32H,11-14,16-19H2,1-3H3/b21-15-/t23-,28-,32-,36-/m0/s1. The smallest absolute Gasteiger partial charge is 0.319 e. The van der Waals surface area contributed by atoms with Crippen LogP contribution >= 0.6 is 0 Å². The van der Waals surface area contributed by atoms with E-state index in [9.17, 15) is 13.2 Å². The van der Waals surface area contributed by atoms with Crippen LogP contribution in [-0.2, 0) is 4.74 Å². The number of piperidine rings is 1. The van der Waals surface area contributed by atoms with E-state index in [-0.39, 0.29) is 71.4 Å². The molecule has 4 aromatic rings. The number of nitrogens with zero attached hydrogens (tertiary/aromatic N) is 5. The van der Waals surface area contributed by atoms with E-state index in [1.54, 1.807) is 24.0 Å². The molecule has 2 aromatic carbocycles. The van der Waals surface area contributed by atoms with Gasteiger partial charge in [0, 0.05) is 41.9 Å². The molecule has 2 saturated heterocycles. The molecule has 7 rings (SSSR count). The molecule has 13 heteroatoms. The van der Waals surface area contributed by atoms with Crippen LogP contribution in [-0.4, -0.2) is 85.4 Å². The van der Waals surface area contributed by atoms with E-state index in [2.05, 4.69) is 26.7 Å². The van der Waals surface area contributed by atoms with Gasteiger partial charge in [-0.3, -0.25) is 0 Å². The topological polar surface area (TPSA) is 72.8 Å². The Morgan fingerprint density at radius 2 is 1.94 bits per heavy atom. The van der Waals surface area contributed by atoms with Gasteiger partial charge >= 0.3 is 6.01 Å². The molecule has 4 atom stereocenters. The molecule has 0 spiro atoms. The summed E-state index contributed by atoms with van der Waals surface area (Å²) >= 11 is 0. The molecule has 0 radical (unpaired) electrons. The van der Waals surface area contributed by atoms with Crippen LogP contribution in [0.3, 0.4) is 0 Å². The Kier molecular flexibility index (Phi) is 8.79. The van der Waals surface area contributed by atoms with Gasteiger partial charge < -0.3 is 24.0 Å². The summed E-state index contributed by atoms with van der Waals surface area (Å²) in [6.07, 6.45) is -0.0786. The Morgan fingerprint density at radius 1 is 1.10 bits per heavy atom. The normalized spacial score (nSPS) is 24.8. The molecule has 256 valence electrons. The third-order valence-electron chi connectivity index (χ3n) is 9.65. The van der Waals surface area contributed by atoms with Crippen LogP contribution in [0, 0.1) is 34.8 Å². The number of hydrogen-bond donors (Lipinski definition) is 0. The number of ether oxygens (including phenoxy) is 3. The number of fused-ring (bicyclic) bond motifs is 3. The third-order valence-corrected chi connectivity index (χ3v) is 9.65. The third kappa shape index (κ3) is 5.80. The zero-order valence-corrected chi connectivity index (χ0v) is 27.2. The minimum absolute atomic E-state index is 0.0212. The first-order valence-corrected chi connectivity index (χ1v) is 16.0. The predicted molar refractivity (Wildman–Crippen MR) is 175 cm³/mol. The molecular formula is C36H34F5N5O3. The number of hydrogen-bond acceptors (Lipinski definition) is 8. The van der Waals surface area contributed by atoms with Gasteiger partial charge in [0.2, 0.25) is 6.86 Å². The van der Waals surface area contributed by atoms with Crippen molar-refractivity contribution in [3.05, 3.63) is 59.6 Å². The van der Waals surface area contributed by atoms with Crippen LogP contribution in [0.25, 0.3) is 32.9 Å². The molecule has 3 aliphatic rings. The second kappa shape index (κ2) is 13.1. The summed E-state index contributed by atoms with van der Waals surface area (Å²) in [6, 6.07) is 6.64. The van der Waals surface area contributed by atoms with Crippen molar-refractivity contribution in [2.45, 2.75) is 32.5 Å². The summed E-state index contributed by atoms with van der Waals surface area (Å²) in [6.45, 7) is 4.07. The maximum absolute atomic E-state index is 17.1. The molecular weight excluding hydrogens is 645 g/mol. The van der Waals surface area contributed by atoms with Gasteiger partial charge in [0.15, 0.2) is 17.4 Å². The number of likely N-dealkylation sites (tertiary alicyclic amines) is 1. The molecule has 0 N–H and O–H groups in total. The Hall–Kier alpha value is -4.54. The average Bonchev–Trinajstić information content (AvgIpc) is 3.79. The molecule has 0 bridgehead atoms. The van der Waals surface area contributed by atoms with Crippen molar-refractivity contribution in [3.63, 3.8) is 0 Å². The highest BCUT2D eigenvalue weighted by Gasteiger charge is 2.56. The molecule has 4 heterocycles. The van der Waals surface area contributed by atoms with Gasteiger partial charge in [0.1, 0.15) is 35.5 Å². The Morgan fingerprint density at radius 3 is 2.71 bits per heavy atom. The Bertz CT molecular complexity index is 2030. The van der Waals surface area contributed by atoms with Gasteiger partial charge in [-0.25, -0.2) is 26.9 Å². The number of benzene rings is 2. The van der Waals surface area contributed by atoms with Crippen molar-refractivity contribution in [3.8, 4) is 34.9 Å². The van der Waals surface area contributed by atoms with E-state index in [1.165, 1.54) is 12.1 Å². The van der Waals surface area contributed by atoms with E-state index >= 15 is 8.78 Å². The van der Waals surface area contributed by atoms with E-state index in [0.717, 1.165) is 6.07 Å². The van der Waals surface area contributed by atoms with Crippen LogP contribution in [0.15, 0.2) is 42.2 Å². The van der Waals surface area contributed by atoms with Crippen molar-refractivity contribution in [1.29, 1.82) is 0 Å². The van der Waals surface area contributed by atoms with Crippen molar-refractivity contribution < 1.29 is 36.2 Å². The van der Waals surface area contributed by atoms with Gasteiger partial charge in [-0.05, 0) is 43.3 Å². The first kappa shape index (κ1) is 33.0. The molecule has 0 unspecified atom stereocenters. The predicted octanol–water partition coefficient (Wildman–Crippen LogP) is 6.55. The molecule has 8 nitrogen and oxygen atoms in total. The van der Waals surface area contributed by atoms with E-state index in [1.807, 2.05) is 14.0 Å². The number of anilines is 1. The average molecular weight is 680 g/mol. The molecule has 1 saturated carbocycles. The summed E-state index contributed by atoms with van der Waals surface area (Å²) < 4.78 is 91.5. The number of pyridine rings is 1. The number of rotatable bonds is 7. The van der Waals surface area contributed by atoms with E-state index < -0.39 is 47.8 Å². The van der Waals surface area contributed by atoms with Gasteiger partial charge in [-0.1, -0.05) is 37.1 Å². The summed E-state index contributed by atoms with van der Waals surface area (Å²) in [5.74, 6) is 3.38. The summed E-state index contributed by atoms with van der Waals surface area (Å²) in [5, 5.41) is 0.708. The molecule has 0 amide bonds. The van der Waals surface area contributed by atoms with Crippen LogP contribution in [0.1, 0.15) is 26.0 Å². The maximum atomic E-state index is 17.1. The minimum atomic E-state index is -1.31. The molecule has 3 fully saturated rings. The van der Waals surface area contributed by atoms with Crippen LogP contribution < -0.4 is 14.4 Å². The van der Waals surface area contributed by atoms with Crippen LogP contribution in [0.5, 0.6) is 11.8 Å². The fraction of sp³-hybridized carbons (Fsp3) is 0.417. The fourth-order valence-electron chi connectivity index (χ4n) is 7.13. The minimum Gasteiger partial charge on any atom is -0.462 e. The lowest BCUT2D eigenvalue weighted by atomic mass is 9.78. The lowest BCUT2D eigenvalue weighted by Gasteiger charge is -2.40. The Labute approximate surface area is 279 Å². The van der Waals surface area contributed by atoms with Crippen molar-refractivity contribution in [1.82, 2.24) is 19.9 Å².